The fourth-order valence-corrected chi connectivity index (χ4v) is 2.17. The first-order chi connectivity index (χ1) is 10.9. The van der Waals surface area contributed by atoms with Crippen LogP contribution in [0.3, 0.4) is 0 Å². The molecule has 0 saturated heterocycles. The number of methoxy groups -OCH3 is 2. The highest BCUT2D eigenvalue weighted by atomic mass is 16.6. The molecule has 1 aromatic rings. The molecule has 0 aliphatic carbocycles. The molecule has 1 aliphatic rings. The number of carbonyl (C=O) groups is 2. The van der Waals surface area contributed by atoms with Gasteiger partial charge in [-0.2, -0.15) is 0 Å². The fourth-order valence-electron chi connectivity index (χ4n) is 2.17. The molecule has 0 spiro atoms. The highest BCUT2D eigenvalue weighted by molar-refractivity contribution is 6.44. The maximum atomic E-state index is 12.1. The zero-order valence-electron chi connectivity index (χ0n) is 12.5. The molecule has 0 N–H and O–H groups in total. The SMILES string of the molecule is COC(=O)C1=N[N+](C)(c2ccccn2)C(C(=O)OC)=C1[N+](=O)[O-]. The molecule has 0 bridgehead atoms. The number of hydrogen-bond acceptors (Lipinski definition) is 8. The summed E-state index contributed by atoms with van der Waals surface area (Å²) < 4.78 is 8.41. The second-order valence-corrected chi connectivity index (χ2v) is 4.53. The van der Waals surface area contributed by atoms with E-state index in [1.807, 2.05) is 0 Å². The van der Waals surface area contributed by atoms with Gasteiger partial charge in [0.2, 0.25) is 0 Å². The molecule has 0 amide bonds. The van der Waals surface area contributed by atoms with Gasteiger partial charge in [0.05, 0.1) is 19.1 Å². The first-order valence-electron chi connectivity index (χ1n) is 6.31. The predicted molar refractivity (Wildman–Crippen MR) is 77.4 cm³/mol. The minimum absolute atomic E-state index is 0.200. The summed E-state index contributed by atoms with van der Waals surface area (Å²) in [7, 11) is 3.52. The van der Waals surface area contributed by atoms with Gasteiger partial charge in [0.25, 0.3) is 11.5 Å². The zero-order valence-corrected chi connectivity index (χ0v) is 12.5. The molecule has 23 heavy (non-hydrogen) atoms. The van der Waals surface area contributed by atoms with Gasteiger partial charge in [-0.05, 0) is 6.07 Å². The van der Waals surface area contributed by atoms with Crippen LogP contribution in [-0.4, -0.2) is 48.8 Å². The Morgan fingerprint density at radius 1 is 1.22 bits per heavy atom. The Bertz CT molecular complexity index is 742. The van der Waals surface area contributed by atoms with Gasteiger partial charge in [0.15, 0.2) is 0 Å². The Morgan fingerprint density at radius 2 is 1.87 bits per heavy atom. The van der Waals surface area contributed by atoms with Crippen molar-refractivity contribution in [3.05, 3.63) is 45.9 Å². The number of rotatable bonds is 4. The van der Waals surface area contributed by atoms with E-state index in [2.05, 4.69) is 19.6 Å². The summed E-state index contributed by atoms with van der Waals surface area (Å²) >= 11 is 0. The number of quaternary nitrogens is 1. The normalized spacial score (nSPS) is 20.0. The van der Waals surface area contributed by atoms with Gasteiger partial charge in [0, 0.05) is 12.3 Å². The number of esters is 2. The molecule has 120 valence electrons. The molecule has 10 heteroatoms. The topological polar surface area (TPSA) is 121 Å². The molecular formula is C13H13N4O6+. The van der Waals surface area contributed by atoms with Gasteiger partial charge < -0.3 is 9.47 Å². The van der Waals surface area contributed by atoms with Gasteiger partial charge in [-0.1, -0.05) is 11.2 Å². The van der Waals surface area contributed by atoms with Crippen LogP contribution < -0.4 is 4.59 Å². The average Bonchev–Trinajstić information content (AvgIpc) is 2.89. The van der Waals surface area contributed by atoms with Crippen LogP contribution in [-0.2, 0) is 19.1 Å². The third-order valence-corrected chi connectivity index (χ3v) is 3.22. The number of nitro groups is 1. The van der Waals surface area contributed by atoms with E-state index in [1.54, 1.807) is 12.1 Å². The van der Waals surface area contributed by atoms with E-state index in [1.165, 1.54) is 19.3 Å². The van der Waals surface area contributed by atoms with Crippen LogP contribution in [0.2, 0.25) is 0 Å². The largest absolute Gasteiger partial charge is 0.464 e. The molecular weight excluding hydrogens is 308 g/mol. The molecule has 2 heterocycles. The maximum Gasteiger partial charge on any atom is 0.403 e. The van der Waals surface area contributed by atoms with Crippen molar-refractivity contribution < 1.29 is 24.0 Å². The number of nitrogens with zero attached hydrogens (tertiary/aromatic N) is 4. The van der Waals surface area contributed by atoms with E-state index in [0.29, 0.717) is 0 Å². The zero-order chi connectivity index (χ0) is 17.2. The van der Waals surface area contributed by atoms with Crippen LogP contribution in [0.25, 0.3) is 0 Å². The Labute approximate surface area is 130 Å². The Kier molecular flexibility index (Phi) is 4.18. The van der Waals surface area contributed by atoms with E-state index in [0.717, 1.165) is 14.2 Å². The molecule has 0 radical (unpaired) electrons. The number of carbonyl (C=O) groups excluding carboxylic acids is 2. The minimum atomic E-state index is -1.03. The molecule has 10 nitrogen and oxygen atoms in total. The molecule has 1 aromatic heterocycles. The lowest BCUT2D eigenvalue weighted by atomic mass is 10.2. The molecule has 0 fully saturated rings. The van der Waals surface area contributed by atoms with Crippen molar-refractivity contribution >= 4 is 23.5 Å². The molecule has 2 rings (SSSR count). The van der Waals surface area contributed by atoms with Crippen molar-refractivity contribution in [2.24, 2.45) is 5.10 Å². The lowest BCUT2D eigenvalue weighted by molar-refractivity contribution is -0.415. The second-order valence-electron chi connectivity index (χ2n) is 4.53. The van der Waals surface area contributed by atoms with Crippen molar-refractivity contribution in [2.75, 3.05) is 21.3 Å². The summed E-state index contributed by atoms with van der Waals surface area (Å²) in [5.41, 5.74) is -1.78. The number of hydrogen-bond donors (Lipinski definition) is 0. The fraction of sp³-hybridized carbons (Fsp3) is 0.231. The Hall–Kier alpha value is -3.14. The predicted octanol–water partition coefficient (Wildman–Crippen LogP) is 0.223. The summed E-state index contributed by atoms with van der Waals surface area (Å²) in [5.74, 6) is -1.82. The highest BCUT2D eigenvalue weighted by Gasteiger charge is 2.56. The van der Waals surface area contributed by atoms with Gasteiger partial charge >= 0.3 is 23.3 Å². The summed E-state index contributed by atoms with van der Waals surface area (Å²) in [6.07, 6.45) is 1.44. The van der Waals surface area contributed by atoms with Crippen molar-refractivity contribution in [1.29, 1.82) is 0 Å². The van der Waals surface area contributed by atoms with Crippen LogP contribution in [0.5, 0.6) is 0 Å². The smallest absolute Gasteiger partial charge is 0.403 e. The average molecular weight is 321 g/mol. The Morgan fingerprint density at radius 3 is 2.35 bits per heavy atom. The second kappa shape index (κ2) is 5.93. The van der Waals surface area contributed by atoms with E-state index in [4.69, 9.17) is 0 Å². The van der Waals surface area contributed by atoms with Crippen molar-refractivity contribution in [3.8, 4) is 0 Å². The molecule has 0 aromatic carbocycles. The quantitative estimate of drug-likeness (QED) is 0.336. The van der Waals surface area contributed by atoms with Gasteiger partial charge in [-0.25, -0.2) is 14.6 Å². The van der Waals surface area contributed by atoms with Gasteiger partial charge in [-0.3, -0.25) is 10.1 Å². The van der Waals surface area contributed by atoms with E-state index >= 15 is 0 Å². The van der Waals surface area contributed by atoms with Crippen molar-refractivity contribution in [3.63, 3.8) is 0 Å². The number of ether oxygens (including phenoxy) is 2. The van der Waals surface area contributed by atoms with E-state index < -0.39 is 38.6 Å². The summed E-state index contributed by atoms with van der Waals surface area (Å²) in [5, 5.41) is 15.4. The van der Waals surface area contributed by atoms with E-state index in [-0.39, 0.29) is 5.82 Å². The van der Waals surface area contributed by atoms with Gasteiger partial charge in [0.1, 0.15) is 7.05 Å². The van der Waals surface area contributed by atoms with Crippen molar-refractivity contribution in [2.45, 2.75) is 0 Å². The lowest BCUT2D eigenvalue weighted by Gasteiger charge is -2.21. The standard InChI is InChI=1S/C13H13N4O6/c1-17(8-6-4-5-7-14-8)11(13(19)23-3)10(16(20)21)9(15-17)12(18)22-2/h4-7H,1-3H3/q+1. The van der Waals surface area contributed by atoms with E-state index in [9.17, 15) is 19.7 Å². The monoisotopic (exact) mass is 321 g/mol. The van der Waals surface area contributed by atoms with Crippen LogP contribution in [0.4, 0.5) is 5.82 Å². The summed E-state index contributed by atoms with van der Waals surface area (Å²) in [4.78, 5) is 38.5. The van der Waals surface area contributed by atoms with Gasteiger partial charge in [-0.15, -0.1) is 4.59 Å². The van der Waals surface area contributed by atoms with Crippen LogP contribution in [0.1, 0.15) is 0 Å². The molecule has 1 unspecified atom stereocenters. The number of aromatic nitrogens is 1. The number of pyridine rings is 1. The van der Waals surface area contributed by atoms with Crippen LogP contribution >= 0.6 is 0 Å². The Balaban J connectivity index is 2.79. The first kappa shape index (κ1) is 16.2. The third kappa shape index (κ3) is 2.55. The lowest BCUT2D eigenvalue weighted by Crippen LogP contribution is -2.41. The highest BCUT2D eigenvalue weighted by Crippen LogP contribution is 2.34. The molecule has 0 saturated carbocycles. The third-order valence-electron chi connectivity index (χ3n) is 3.22. The summed E-state index contributed by atoms with van der Waals surface area (Å²) in [6, 6.07) is 4.77. The molecule has 1 aliphatic heterocycles. The first-order valence-corrected chi connectivity index (χ1v) is 6.31. The summed E-state index contributed by atoms with van der Waals surface area (Å²) in [6.45, 7) is 0. The minimum Gasteiger partial charge on any atom is -0.464 e. The molecule has 1 atom stereocenters. The van der Waals surface area contributed by atoms with Crippen LogP contribution in [0.15, 0.2) is 40.9 Å². The number of likely N-dealkylation sites (N-methyl/N-ethyl adjacent to an activating group) is 1. The maximum absolute atomic E-state index is 12.1. The van der Waals surface area contributed by atoms with Crippen LogP contribution in [0, 0.1) is 10.1 Å². The van der Waals surface area contributed by atoms with Crippen molar-refractivity contribution in [1.82, 2.24) is 9.58 Å².